The van der Waals surface area contributed by atoms with Crippen LogP contribution in [0.5, 0.6) is 0 Å². The van der Waals surface area contributed by atoms with E-state index in [-0.39, 0.29) is 33.5 Å². The van der Waals surface area contributed by atoms with Crippen LogP contribution in [0.1, 0.15) is 14.4 Å². The summed E-state index contributed by atoms with van der Waals surface area (Å²) in [7, 11) is 1.40. The van der Waals surface area contributed by atoms with Crippen molar-refractivity contribution in [2.75, 3.05) is 34.0 Å². The molecular formula is C11H22N4O8. The van der Waals surface area contributed by atoms with Crippen LogP contribution in [-0.4, -0.2) is 68.4 Å². The van der Waals surface area contributed by atoms with Gasteiger partial charge in [0, 0.05) is 14.0 Å². The third-order valence-corrected chi connectivity index (χ3v) is 1.15. The second kappa shape index (κ2) is 27.7. The van der Waals surface area contributed by atoms with E-state index in [1.54, 1.807) is 0 Å². The highest BCUT2D eigenvalue weighted by Crippen LogP contribution is 1.75. The number of methoxy groups -OCH3 is 1. The zero-order chi connectivity index (χ0) is 17.6. The molecule has 0 aromatic carbocycles. The van der Waals surface area contributed by atoms with Gasteiger partial charge in [0.1, 0.15) is 6.79 Å². The first-order valence-corrected chi connectivity index (χ1v) is 5.43. The number of nitrogens with one attached hydrogen (secondary N) is 2. The highest BCUT2D eigenvalue weighted by Gasteiger charge is 1.98. The second-order valence-electron chi connectivity index (χ2n) is 2.71. The number of isocyanates is 2. The van der Waals surface area contributed by atoms with Crippen molar-refractivity contribution in [2.24, 2.45) is 9.98 Å². The fourth-order valence-electron chi connectivity index (χ4n) is 0.497. The molecule has 134 valence electrons. The fraction of sp³-hybridized carbons (Fsp3) is 0.636. The Kier molecular flexibility index (Phi) is 34.3. The smallest absolute Gasteiger partial charge is 0.410 e. The zero-order valence-electron chi connectivity index (χ0n) is 12.1. The maximum Gasteiger partial charge on any atom is 0.410 e. The van der Waals surface area contributed by atoms with E-state index in [0.29, 0.717) is 0 Å². The van der Waals surface area contributed by atoms with E-state index in [4.69, 9.17) is 10.2 Å². The summed E-state index contributed by atoms with van der Waals surface area (Å²) in [5, 5.41) is 18.9. The van der Waals surface area contributed by atoms with Crippen molar-refractivity contribution in [3.8, 4) is 0 Å². The van der Waals surface area contributed by atoms with Crippen molar-refractivity contribution in [3.63, 3.8) is 0 Å². The quantitative estimate of drug-likeness (QED) is 0.259. The number of carbonyl (C=O) groups is 2. The lowest BCUT2D eigenvalue weighted by atomic mass is 10.7. The van der Waals surface area contributed by atoms with Crippen LogP contribution in [0.15, 0.2) is 9.98 Å². The number of alkyl carbamates (subject to hydrolysis) is 1. The second-order valence-corrected chi connectivity index (χ2v) is 2.71. The topological polar surface area (TPSA) is 176 Å². The molecule has 12 nitrogen and oxygen atoms in total. The first kappa shape index (κ1) is 28.5. The average molecular weight is 338 g/mol. The lowest BCUT2D eigenvalue weighted by molar-refractivity contribution is -0.119. The van der Waals surface area contributed by atoms with Crippen LogP contribution in [0.25, 0.3) is 0 Å². The minimum Gasteiger partial charge on any atom is -0.422 e. The molecule has 0 atom stereocenters. The molecule has 0 saturated carbocycles. The van der Waals surface area contributed by atoms with Gasteiger partial charge in [-0.3, -0.25) is 4.79 Å². The van der Waals surface area contributed by atoms with Gasteiger partial charge in [-0.25, -0.2) is 14.4 Å². The summed E-state index contributed by atoms with van der Waals surface area (Å²) in [6, 6.07) is 0. The van der Waals surface area contributed by atoms with Gasteiger partial charge in [-0.1, -0.05) is 7.43 Å². The first-order chi connectivity index (χ1) is 10.5. The van der Waals surface area contributed by atoms with Crippen molar-refractivity contribution < 1.29 is 38.9 Å². The molecule has 0 aliphatic carbocycles. The van der Waals surface area contributed by atoms with Crippen molar-refractivity contribution in [3.05, 3.63) is 0 Å². The maximum atomic E-state index is 10.6. The number of aliphatic hydroxyl groups is 2. The summed E-state index contributed by atoms with van der Waals surface area (Å²) in [5.74, 6) is -0.220. The number of carbonyl (C=O) groups excluding carboxylic acids is 4. The number of nitrogens with zero attached hydrogens (tertiary/aromatic N) is 2. The van der Waals surface area contributed by atoms with Gasteiger partial charge < -0.3 is 30.3 Å². The molecule has 0 heterocycles. The highest BCUT2D eigenvalue weighted by molar-refractivity contribution is 5.73. The molecule has 0 unspecified atom stereocenters. The molecule has 23 heavy (non-hydrogen) atoms. The summed E-state index contributed by atoms with van der Waals surface area (Å²) < 4.78 is 8.92. The molecule has 0 spiro atoms. The maximum absolute atomic E-state index is 10.6. The molecular weight excluding hydrogens is 316 g/mol. The lowest BCUT2D eigenvalue weighted by Crippen LogP contribution is -2.36. The van der Waals surface area contributed by atoms with Gasteiger partial charge in [-0.15, -0.1) is 0 Å². The van der Waals surface area contributed by atoms with Gasteiger partial charge in [0.25, 0.3) is 0 Å². The minimum absolute atomic E-state index is 0. The van der Waals surface area contributed by atoms with Crippen LogP contribution < -0.4 is 10.6 Å². The predicted molar refractivity (Wildman–Crippen MR) is 77.3 cm³/mol. The Bertz CT molecular complexity index is 362. The number of aliphatic hydroxyl groups excluding tert-OH is 1. The van der Waals surface area contributed by atoms with Crippen LogP contribution in [0.2, 0.25) is 0 Å². The number of aliphatic imine (C=N–C) groups is 2. The molecule has 0 aromatic heterocycles. The van der Waals surface area contributed by atoms with E-state index in [2.05, 4.69) is 30.1 Å². The van der Waals surface area contributed by atoms with E-state index in [1.165, 1.54) is 26.2 Å². The van der Waals surface area contributed by atoms with Gasteiger partial charge in [0.2, 0.25) is 18.1 Å². The standard InChI is InChI=1S/C6H12N2O4.C3H2N2O2.CH4O2.CH4/c1-5(9)7-3-8-6(10)12-4-11-2;6-2-4-1-5-3-7;2-1-3;/h3-4H2,1-2H3,(H,7,9)(H,8,10);1H2;2-3H,1H2;1H4. The SMILES string of the molecule is C.COCOC(=O)NCNC(C)=O.O=C=NCN=C=O.OCO. The van der Waals surface area contributed by atoms with E-state index in [0.717, 1.165) is 0 Å². The zero-order valence-corrected chi connectivity index (χ0v) is 12.1. The number of ether oxygens (including phenoxy) is 2. The largest absolute Gasteiger partial charge is 0.422 e. The molecule has 0 aliphatic heterocycles. The van der Waals surface area contributed by atoms with Crippen LogP contribution >= 0.6 is 0 Å². The molecule has 0 radical (unpaired) electrons. The monoisotopic (exact) mass is 338 g/mol. The Morgan fingerprint density at radius 1 is 1.13 bits per heavy atom. The number of rotatable bonds is 6. The summed E-state index contributed by atoms with van der Waals surface area (Å²) in [6.45, 7) is 0.388. The van der Waals surface area contributed by atoms with Gasteiger partial charge in [0.15, 0.2) is 13.5 Å². The number of hydrogen-bond donors (Lipinski definition) is 4. The molecule has 0 aliphatic rings. The van der Waals surface area contributed by atoms with Crippen LogP contribution in [-0.2, 0) is 23.9 Å². The Hall–Kier alpha value is -2.62. The predicted octanol–water partition coefficient (Wildman–Crippen LogP) is -1.41. The van der Waals surface area contributed by atoms with Gasteiger partial charge in [-0.2, -0.15) is 9.98 Å². The fourth-order valence-corrected chi connectivity index (χ4v) is 0.497. The van der Waals surface area contributed by atoms with Crippen LogP contribution in [0, 0.1) is 0 Å². The van der Waals surface area contributed by atoms with Crippen molar-refractivity contribution in [1.82, 2.24) is 10.6 Å². The summed E-state index contributed by atoms with van der Waals surface area (Å²) in [6.07, 6.45) is 1.78. The van der Waals surface area contributed by atoms with Crippen LogP contribution in [0.4, 0.5) is 4.79 Å². The van der Waals surface area contributed by atoms with Crippen LogP contribution in [0.3, 0.4) is 0 Å². The first-order valence-electron chi connectivity index (χ1n) is 5.43. The molecule has 0 saturated heterocycles. The van der Waals surface area contributed by atoms with Gasteiger partial charge >= 0.3 is 6.09 Å². The Morgan fingerprint density at radius 2 is 1.61 bits per heavy atom. The van der Waals surface area contributed by atoms with E-state index in [9.17, 15) is 19.2 Å². The summed E-state index contributed by atoms with van der Waals surface area (Å²) >= 11 is 0. The highest BCUT2D eigenvalue weighted by atomic mass is 16.7. The van der Waals surface area contributed by atoms with Crippen molar-refractivity contribution in [2.45, 2.75) is 14.4 Å². The Labute approximate surface area is 133 Å². The van der Waals surface area contributed by atoms with Crippen molar-refractivity contribution in [1.29, 1.82) is 0 Å². The van der Waals surface area contributed by atoms with E-state index < -0.39 is 12.9 Å². The Balaban J connectivity index is -0.000000140. The average Bonchev–Trinajstić information content (AvgIpc) is 2.47. The lowest BCUT2D eigenvalue weighted by Gasteiger charge is -2.05. The van der Waals surface area contributed by atoms with E-state index >= 15 is 0 Å². The van der Waals surface area contributed by atoms with E-state index in [1.807, 2.05) is 0 Å². The minimum atomic E-state index is -0.750. The number of amides is 2. The summed E-state index contributed by atoms with van der Waals surface area (Å²) in [5.41, 5.74) is 0. The molecule has 2 amide bonds. The normalized spacial score (nSPS) is 7.13. The number of hydrogen-bond acceptors (Lipinski definition) is 10. The van der Waals surface area contributed by atoms with Gasteiger partial charge in [-0.05, 0) is 0 Å². The third-order valence-electron chi connectivity index (χ3n) is 1.15. The molecule has 0 rings (SSSR count). The molecule has 0 bridgehead atoms. The molecule has 0 aromatic rings. The van der Waals surface area contributed by atoms with Crippen molar-refractivity contribution >= 4 is 24.2 Å². The molecule has 0 fully saturated rings. The molecule has 4 N–H and O–H groups in total. The third kappa shape index (κ3) is 45.2. The van der Waals surface area contributed by atoms with Gasteiger partial charge in [0.05, 0.1) is 6.67 Å². The summed E-state index contributed by atoms with van der Waals surface area (Å²) in [4.78, 5) is 45.2. The molecule has 12 heteroatoms. The Morgan fingerprint density at radius 3 is 1.96 bits per heavy atom.